The van der Waals surface area contributed by atoms with E-state index in [0.29, 0.717) is 24.5 Å². The molecule has 0 aliphatic carbocycles. The number of rotatable bonds is 6. The third-order valence-electron chi connectivity index (χ3n) is 3.30. The maximum Gasteiger partial charge on any atom is 0.253 e. The molecule has 0 bridgehead atoms. The van der Waals surface area contributed by atoms with E-state index >= 15 is 0 Å². The molecule has 1 amide bonds. The molecule has 0 saturated carbocycles. The van der Waals surface area contributed by atoms with Gasteiger partial charge in [0, 0.05) is 30.6 Å². The third-order valence-corrected chi connectivity index (χ3v) is 3.30. The van der Waals surface area contributed by atoms with Crippen LogP contribution in [0.2, 0.25) is 0 Å². The Labute approximate surface area is 123 Å². The first-order valence-electron chi connectivity index (χ1n) is 7.11. The standard InChI is InChI=1S/C15H20N4O2/c1-3-13-16-14(18-17-13)11-5-7-12(8-6-11)15(21)19(4-2)9-10-20/h5-8,20H,3-4,9-10H2,1-2H3,(H,16,17,18). The first kappa shape index (κ1) is 15.2. The Morgan fingerprint density at radius 3 is 2.52 bits per heavy atom. The van der Waals surface area contributed by atoms with E-state index in [1.165, 1.54) is 0 Å². The smallest absolute Gasteiger partial charge is 0.253 e. The highest BCUT2D eigenvalue weighted by molar-refractivity contribution is 5.94. The molecule has 21 heavy (non-hydrogen) atoms. The second kappa shape index (κ2) is 6.99. The van der Waals surface area contributed by atoms with Gasteiger partial charge in [-0.3, -0.25) is 9.89 Å². The Kier molecular flexibility index (Phi) is 5.05. The molecule has 6 nitrogen and oxygen atoms in total. The van der Waals surface area contributed by atoms with Crippen LogP contribution >= 0.6 is 0 Å². The molecule has 0 unspecified atom stereocenters. The number of aromatic amines is 1. The summed E-state index contributed by atoms with van der Waals surface area (Å²) in [7, 11) is 0. The van der Waals surface area contributed by atoms with Gasteiger partial charge in [0.1, 0.15) is 5.82 Å². The molecule has 0 aliphatic heterocycles. The number of amides is 1. The van der Waals surface area contributed by atoms with E-state index in [1.54, 1.807) is 17.0 Å². The number of aryl methyl sites for hydroxylation is 1. The SMILES string of the molecule is CCc1nc(-c2ccc(C(=O)N(CC)CCO)cc2)n[nH]1. The lowest BCUT2D eigenvalue weighted by Crippen LogP contribution is -2.33. The number of hydrogen-bond donors (Lipinski definition) is 2. The first-order chi connectivity index (χ1) is 10.2. The maximum atomic E-state index is 12.2. The highest BCUT2D eigenvalue weighted by atomic mass is 16.3. The first-order valence-corrected chi connectivity index (χ1v) is 7.11. The number of likely N-dealkylation sites (N-methyl/N-ethyl adjacent to an activating group) is 1. The third kappa shape index (κ3) is 3.46. The summed E-state index contributed by atoms with van der Waals surface area (Å²) in [6.45, 7) is 4.78. The molecular weight excluding hydrogens is 268 g/mol. The van der Waals surface area contributed by atoms with Gasteiger partial charge in [0.25, 0.3) is 5.91 Å². The van der Waals surface area contributed by atoms with Gasteiger partial charge >= 0.3 is 0 Å². The summed E-state index contributed by atoms with van der Waals surface area (Å²) < 4.78 is 0. The Bertz CT molecular complexity index is 592. The summed E-state index contributed by atoms with van der Waals surface area (Å²) in [5.74, 6) is 1.39. The molecule has 0 saturated heterocycles. The molecule has 0 radical (unpaired) electrons. The molecule has 1 heterocycles. The molecule has 112 valence electrons. The monoisotopic (exact) mass is 288 g/mol. The number of aliphatic hydroxyl groups is 1. The molecule has 2 rings (SSSR count). The van der Waals surface area contributed by atoms with Gasteiger partial charge in [-0.05, 0) is 19.1 Å². The molecule has 0 atom stereocenters. The number of benzene rings is 1. The Hall–Kier alpha value is -2.21. The van der Waals surface area contributed by atoms with Crippen molar-refractivity contribution in [3.63, 3.8) is 0 Å². The highest BCUT2D eigenvalue weighted by Crippen LogP contribution is 2.16. The fraction of sp³-hybridized carbons (Fsp3) is 0.400. The van der Waals surface area contributed by atoms with Crippen molar-refractivity contribution in [3.8, 4) is 11.4 Å². The molecular formula is C15H20N4O2. The van der Waals surface area contributed by atoms with E-state index in [1.807, 2.05) is 26.0 Å². The zero-order chi connectivity index (χ0) is 15.2. The minimum atomic E-state index is -0.0812. The minimum Gasteiger partial charge on any atom is -0.395 e. The molecule has 0 spiro atoms. The zero-order valence-electron chi connectivity index (χ0n) is 12.3. The molecule has 6 heteroatoms. The van der Waals surface area contributed by atoms with Gasteiger partial charge in [-0.25, -0.2) is 4.98 Å². The summed E-state index contributed by atoms with van der Waals surface area (Å²) in [6, 6.07) is 7.20. The number of aromatic nitrogens is 3. The van der Waals surface area contributed by atoms with Gasteiger partial charge in [-0.1, -0.05) is 19.1 Å². The summed E-state index contributed by atoms with van der Waals surface area (Å²) in [6.07, 6.45) is 0.802. The number of H-pyrrole nitrogens is 1. The van der Waals surface area contributed by atoms with E-state index < -0.39 is 0 Å². The zero-order valence-corrected chi connectivity index (χ0v) is 12.3. The number of carbonyl (C=O) groups is 1. The van der Waals surface area contributed by atoms with E-state index in [4.69, 9.17) is 5.11 Å². The lowest BCUT2D eigenvalue weighted by Gasteiger charge is -2.19. The number of aliphatic hydroxyl groups excluding tert-OH is 1. The second-order valence-electron chi connectivity index (χ2n) is 4.65. The fourth-order valence-corrected chi connectivity index (χ4v) is 2.05. The predicted molar refractivity (Wildman–Crippen MR) is 79.9 cm³/mol. The molecule has 1 aromatic carbocycles. The topological polar surface area (TPSA) is 82.1 Å². The van der Waals surface area contributed by atoms with Crippen molar-refractivity contribution < 1.29 is 9.90 Å². The van der Waals surface area contributed by atoms with Gasteiger partial charge in [-0.2, -0.15) is 5.10 Å². The van der Waals surface area contributed by atoms with Gasteiger partial charge in [0.2, 0.25) is 0 Å². The van der Waals surface area contributed by atoms with Crippen molar-refractivity contribution in [1.82, 2.24) is 20.1 Å². The van der Waals surface area contributed by atoms with E-state index in [0.717, 1.165) is 17.8 Å². The van der Waals surface area contributed by atoms with Crippen LogP contribution in [0.5, 0.6) is 0 Å². The molecule has 0 fully saturated rings. The maximum absolute atomic E-state index is 12.2. The van der Waals surface area contributed by atoms with Crippen molar-refractivity contribution in [3.05, 3.63) is 35.7 Å². The van der Waals surface area contributed by atoms with Crippen molar-refractivity contribution in [2.24, 2.45) is 0 Å². The number of hydrogen-bond acceptors (Lipinski definition) is 4. The van der Waals surface area contributed by atoms with Crippen LogP contribution in [0.15, 0.2) is 24.3 Å². The van der Waals surface area contributed by atoms with Crippen LogP contribution in [0.25, 0.3) is 11.4 Å². The number of nitrogens with zero attached hydrogens (tertiary/aromatic N) is 3. The van der Waals surface area contributed by atoms with Crippen molar-refractivity contribution >= 4 is 5.91 Å². The Morgan fingerprint density at radius 2 is 2.00 bits per heavy atom. The van der Waals surface area contributed by atoms with Crippen LogP contribution in [0.4, 0.5) is 0 Å². The lowest BCUT2D eigenvalue weighted by molar-refractivity contribution is 0.0732. The van der Waals surface area contributed by atoms with Gasteiger partial charge in [-0.15, -0.1) is 0 Å². The van der Waals surface area contributed by atoms with E-state index in [2.05, 4.69) is 15.2 Å². The highest BCUT2D eigenvalue weighted by Gasteiger charge is 2.14. The molecule has 2 N–H and O–H groups in total. The summed E-state index contributed by atoms with van der Waals surface area (Å²) in [4.78, 5) is 18.2. The van der Waals surface area contributed by atoms with Crippen LogP contribution in [0.3, 0.4) is 0 Å². The minimum absolute atomic E-state index is 0.0331. The Balaban J connectivity index is 2.16. The van der Waals surface area contributed by atoms with Gasteiger partial charge in [0.05, 0.1) is 6.61 Å². The Morgan fingerprint density at radius 1 is 1.29 bits per heavy atom. The average molecular weight is 288 g/mol. The predicted octanol–water partition coefficient (Wildman–Crippen LogP) is 1.49. The van der Waals surface area contributed by atoms with Crippen molar-refractivity contribution in [2.75, 3.05) is 19.7 Å². The number of carbonyl (C=O) groups excluding carboxylic acids is 1. The van der Waals surface area contributed by atoms with Crippen molar-refractivity contribution in [2.45, 2.75) is 20.3 Å². The quantitative estimate of drug-likeness (QED) is 0.843. The summed E-state index contributed by atoms with van der Waals surface area (Å²) >= 11 is 0. The van der Waals surface area contributed by atoms with Gasteiger partial charge < -0.3 is 10.0 Å². The van der Waals surface area contributed by atoms with Crippen LogP contribution < -0.4 is 0 Å². The summed E-state index contributed by atoms with van der Waals surface area (Å²) in [5.41, 5.74) is 1.47. The van der Waals surface area contributed by atoms with E-state index in [-0.39, 0.29) is 12.5 Å². The lowest BCUT2D eigenvalue weighted by atomic mass is 10.1. The summed E-state index contributed by atoms with van der Waals surface area (Å²) in [5, 5.41) is 16.0. The molecule has 1 aromatic heterocycles. The molecule has 0 aliphatic rings. The van der Waals surface area contributed by atoms with Crippen LogP contribution in [-0.4, -0.2) is 50.8 Å². The van der Waals surface area contributed by atoms with Gasteiger partial charge in [0.15, 0.2) is 5.82 Å². The largest absolute Gasteiger partial charge is 0.395 e. The van der Waals surface area contributed by atoms with Crippen LogP contribution in [-0.2, 0) is 6.42 Å². The van der Waals surface area contributed by atoms with Crippen LogP contribution in [0.1, 0.15) is 30.0 Å². The fourth-order valence-electron chi connectivity index (χ4n) is 2.05. The second-order valence-corrected chi connectivity index (χ2v) is 4.65. The molecule has 2 aromatic rings. The normalized spacial score (nSPS) is 10.6. The van der Waals surface area contributed by atoms with Crippen LogP contribution in [0, 0.1) is 0 Å². The average Bonchev–Trinajstić information content (AvgIpc) is 3.01. The number of nitrogens with one attached hydrogen (secondary N) is 1. The van der Waals surface area contributed by atoms with E-state index in [9.17, 15) is 4.79 Å². The van der Waals surface area contributed by atoms with Crippen molar-refractivity contribution in [1.29, 1.82) is 0 Å².